The Hall–Kier alpha value is -1.35. The molecule has 1 aromatic carbocycles. The third-order valence-corrected chi connectivity index (χ3v) is 4.12. The summed E-state index contributed by atoms with van der Waals surface area (Å²) in [7, 11) is 3.69. The summed E-state index contributed by atoms with van der Waals surface area (Å²) < 4.78 is 5.11. The van der Waals surface area contributed by atoms with Crippen molar-refractivity contribution in [2.45, 2.75) is 32.1 Å². The van der Waals surface area contributed by atoms with Crippen molar-refractivity contribution in [3.8, 4) is 5.75 Å². The summed E-state index contributed by atoms with van der Waals surface area (Å²) in [6.45, 7) is 1.55. The lowest BCUT2D eigenvalue weighted by molar-refractivity contribution is 0.0932. The van der Waals surface area contributed by atoms with Crippen LogP contribution in [0.15, 0.2) is 24.3 Å². The molecule has 0 aliphatic heterocycles. The van der Waals surface area contributed by atoms with Crippen LogP contribution in [0.2, 0.25) is 0 Å². The molecule has 0 saturated heterocycles. The highest BCUT2D eigenvalue weighted by atomic mass is 16.5. The van der Waals surface area contributed by atoms with Crippen molar-refractivity contribution in [1.82, 2.24) is 4.90 Å². The van der Waals surface area contributed by atoms with E-state index in [0.29, 0.717) is 6.54 Å². The Morgan fingerprint density at radius 1 is 1.20 bits per heavy atom. The Kier molecular flexibility index (Phi) is 5.60. The number of likely N-dealkylation sites (N-methyl/N-ethyl adjacent to an activating group) is 1. The van der Waals surface area contributed by atoms with E-state index in [-0.39, 0.29) is 5.78 Å². The van der Waals surface area contributed by atoms with E-state index in [2.05, 4.69) is 11.9 Å². The van der Waals surface area contributed by atoms with Gasteiger partial charge in [-0.05, 0) is 50.1 Å². The highest BCUT2D eigenvalue weighted by Gasteiger charge is 2.17. The lowest BCUT2D eigenvalue weighted by atomic mass is 9.89. The molecule has 1 aliphatic carbocycles. The van der Waals surface area contributed by atoms with Crippen LogP contribution in [0, 0.1) is 5.92 Å². The Balaban J connectivity index is 1.82. The number of benzene rings is 1. The van der Waals surface area contributed by atoms with E-state index in [4.69, 9.17) is 4.74 Å². The van der Waals surface area contributed by atoms with E-state index in [9.17, 15) is 4.79 Å². The molecule has 0 N–H and O–H groups in total. The summed E-state index contributed by atoms with van der Waals surface area (Å²) in [5.74, 6) is 1.75. The minimum absolute atomic E-state index is 0.186. The van der Waals surface area contributed by atoms with E-state index >= 15 is 0 Å². The SMILES string of the molecule is COc1ccc(C(=O)CN(C)CC2CCCCC2)cc1. The number of Topliss-reactive ketones (excluding diaryl/α,β-unsaturated/α-hetero) is 1. The number of methoxy groups -OCH3 is 1. The van der Waals surface area contributed by atoms with E-state index in [1.807, 2.05) is 24.3 Å². The van der Waals surface area contributed by atoms with Gasteiger partial charge in [0.15, 0.2) is 5.78 Å². The van der Waals surface area contributed by atoms with E-state index in [0.717, 1.165) is 23.8 Å². The van der Waals surface area contributed by atoms with Crippen LogP contribution in [0.3, 0.4) is 0 Å². The monoisotopic (exact) mass is 275 g/mol. The second kappa shape index (κ2) is 7.44. The Labute approximate surface area is 121 Å². The maximum Gasteiger partial charge on any atom is 0.176 e. The third kappa shape index (κ3) is 4.34. The first-order chi connectivity index (χ1) is 9.69. The number of hydrogen-bond acceptors (Lipinski definition) is 3. The van der Waals surface area contributed by atoms with Gasteiger partial charge in [0, 0.05) is 12.1 Å². The summed E-state index contributed by atoms with van der Waals surface area (Å²) in [5.41, 5.74) is 0.765. The zero-order valence-corrected chi connectivity index (χ0v) is 12.6. The molecular formula is C17H25NO2. The fraction of sp³-hybridized carbons (Fsp3) is 0.588. The van der Waals surface area contributed by atoms with E-state index < -0.39 is 0 Å². The van der Waals surface area contributed by atoms with Crippen LogP contribution in [0.5, 0.6) is 5.75 Å². The summed E-state index contributed by atoms with van der Waals surface area (Å²) in [6.07, 6.45) is 6.73. The van der Waals surface area contributed by atoms with Crippen molar-refractivity contribution >= 4 is 5.78 Å². The molecule has 3 nitrogen and oxygen atoms in total. The molecule has 1 aliphatic rings. The highest BCUT2D eigenvalue weighted by molar-refractivity contribution is 5.97. The molecule has 2 rings (SSSR count). The number of rotatable bonds is 6. The van der Waals surface area contributed by atoms with Crippen LogP contribution in [0.25, 0.3) is 0 Å². The maximum absolute atomic E-state index is 12.2. The second-order valence-electron chi connectivity index (χ2n) is 5.85. The Morgan fingerprint density at radius 3 is 2.45 bits per heavy atom. The largest absolute Gasteiger partial charge is 0.497 e. The van der Waals surface area contributed by atoms with Gasteiger partial charge < -0.3 is 4.74 Å². The van der Waals surface area contributed by atoms with Crippen molar-refractivity contribution in [3.63, 3.8) is 0 Å². The summed E-state index contributed by atoms with van der Waals surface area (Å²) in [5, 5.41) is 0. The molecule has 0 atom stereocenters. The number of hydrogen-bond donors (Lipinski definition) is 0. The number of ether oxygens (including phenoxy) is 1. The number of carbonyl (C=O) groups is 1. The molecule has 0 bridgehead atoms. The smallest absolute Gasteiger partial charge is 0.176 e. The number of carbonyl (C=O) groups excluding carboxylic acids is 1. The van der Waals surface area contributed by atoms with Crippen LogP contribution >= 0.6 is 0 Å². The molecule has 1 fully saturated rings. The lowest BCUT2D eigenvalue weighted by Crippen LogP contribution is -2.31. The summed E-state index contributed by atoms with van der Waals surface area (Å²) in [6, 6.07) is 7.37. The molecule has 110 valence electrons. The van der Waals surface area contributed by atoms with Crippen LogP contribution in [0.1, 0.15) is 42.5 Å². The van der Waals surface area contributed by atoms with Crippen LogP contribution in [0.4, 0.5) is 0 Å². The van der Waals surface area contributed by atoms with Gasteiger partial charge in [-0.1, -0.05) is 19.3 Å². The minimum atomic E-state index is 0.186. The summed E-state index contributed by atoms with van der Waals surface area (Å²) in [4.78, 5) is 14.4. The van der Waals surface area contributed by atoms with Gasteiger partial charge in [-0.2, -0.15) is 0 Å². The molecule has 3 heteroatoms. The van der Waals surface area contributed by atoms with Crippen molar-refractivity contribution in [2.75, 3.05) is 27.2 Å². The van der Waals surface area contributed by atoms with Crippen molar-refractivity contribution in [3.05, 3.63) is 29.8 Å². The van der Waals surface area contributed by atoms with Crippen molar-refractivity contribution in [2.24, 2.45) is 5.92 Å². The predicted molar refractivity (Wildman–Crippen MR) is 81.4 cm³/mol. The average Bonchev–Trinajstić information content (AvgIpc) is 2.48. The van der Waals surface area contributed by atoms with E-state index in [1.54, 1.807) is 7.11 Å². The van der Waals surface area contributed by atoms with Crippen molar-refractivity contribution in [1.29, 1.82) is 0 Å². The van der Waals surface area contributed by atoms with Gasteiger partial charge in [0.1, 0.15) is 5.75 Å². The van der Waals surface area contributed by atoms with Crippen LogP contribution in [-0.4, -0.2) is 37.9 Å². The molecule has 1 saturated carbocycles. The first kappa shape index (κ1) is 15.0. The van der Waals surface area contributed by atoms with Crippen molar-refractivity contribution < 1.29 is 9.53 Å². The first-order valence-corrected chi connectivity index (χ1v) is 7.55. The molecule has 0 spiro atoms. The van der Waals surface area contributed by atoms with E-state index in [1.165, 1.54) is 32.1 Å². The van der Waals surface area contributed by atoms with Crippen LogP contribution < -0.4 is 4.74 Å². The standard InChI is InChI=1S/C17H25NO2/c1-18(12-14-6-4-3-5-7-14)13-17(19)15-8-10-16(20-2)11-9-15/h8-11,14H,3-7,12-13H2,1-2H3. The molecule has 0 aromatic heterocycles. The average molecular weight is 275 g/mol. The van der Waals surface area contributed by atoms with Gasteiger partial charge >= 0.3 is 0 Å². The van der Waals surface area contributed by atoms with Gasteiger partial charge in [-0.15, -0.1) is 0 Å². The quantitative estimate of drug-likeness (QED) is 0.745. The zero-order valence-electron chi connectivity index (χ0n) is 12.6. The van der Waals surface area contributed by atoms with Gasteiger partial charge in [0.05, 0.1) is 13.7 Å². The fourth-order valence-corrected chi connectivity index (χ4v) is 2.99. The molecular weight excluding hydrogens is 250 g/mol. The van der Waals surface area contributed by atoms with Gasteiger partial charge in [0.2, 0.25) is 0 Å². The normalized spacial score (nSPS) is 16.4. The van der Waals surface area contributed by atoms with Gasteiger partial charge in [-0.3, -0.25) is 9.69 Å². The Bertz CT molecular complexity index is 421. The fourth-order valence-electron chi connectivity index (χ4n) is 2.99. The minimum Gasteiger partial charge on any atom is -0.497 e. The maximum atomic E-state index is 12.2. The summed E-state index contributed by atoms with van der Waals surface area (Å²) >= 11 is 0. The van der Waals surface area contributed by atoms with Gasteiger partial charge in [-0.25, -0.2) is 0 Å². The van der Waals surface area contributed by atoms with Gasteiger partial charge in [0.25, 0.3) is 0 Å². The molecule has 1 aromatic rings. The van der Waals surface area contributed by atoms with Crippen LogP contribution in [-0.2, 0) is 0 Å². The molecule has 0 heterocycles. The molecule has 20 heavy (non-hydrogen) atoms. The predicted octanol–water partition coefficient (Wildman–Crippen LogP) is 3.39. The molecule has 0 amide bonds. The zero-order chi connectivity index (χ0) is 14.4. The first-order valence-electron chi connectivity index (χ1n) is 7.55. The lowest BCUT2D eigenvalue weighted by Gasteiger charge is -2.26. The highest BCUT2D eigenvalue weighted by Crippen LogP contribution is 2.24. The Morgan fingerprint density at radius 2 is 1.85 bits per heavy atom. The third-order valence-electron chi connectivity index (χ3n) is 4.12. The number of nitrogens with zero attached hydrogens (tertiary/aromatic N) is 1. The second-order valence-corrected chi connectivity index (χ2v) is 5.85. The molecule has 0 radical (unpaired) electrons. The molecule has 0 unspecified atom stereocenters. The number of ketones is 1. The topological polar surface area (TPSA) is 29.5 Å².